The van der Waals surface area contributed by atoms with Gasteiger partial charge in [0, 0.05) is 20.5 Å². The van der Waals surface area contributed by atoms with Gasteiger partial charge < -0.3 is 24.1 Å². The van der Waals surface area contributed by atoms with Crippen molar-refractivity contribution in [1.82, 2.24) is 0 Å². The smallest absolute Gasteiger partial charge is 0.302 e. The Morgan fingerprint density at radius 1 is 1.26 bits per heavy atom. The Labute approximate surface area is 136 Å². The van der Waals surface area contributed by atoms with Crippen LogP contribution in [0, 0.1) is 0 Å². The quantitative estimate of drug-likeness (QED) is 0.762. The lowest BCUT2D eigenvalue weighted by Gasteiger charge is -2.39. The third-order valence-electron chi connectivity index (χ3n) is 3.88. The molecule has 0 bridgehead atoms. The van der Waals surface area contributed by atoms with Crippen LogP contribution in [-0.2, 0) is 30.3 Å². The zero-order chi connectivity index (χ0) is 16.7. The first kappa shape index (κ1) is 17.9. The summed E-state index contributed by atoms with van der Waals surface area (Å²) in [7, 11) is 1.58. The summed E-state index contributed by atoms with van der Waals surface area (Å²) in [6.45, 7) is 1.73. The molecule has 1 saturated heterocycles. The Morgan fingerprint density at radius 2 is 2.00 bits per heavy atom. The third kappa shape index (κ3) is 5.28. The van der Waals surface area contributed by atoms with Gasteiger partial charge in [-0.15, -0.1) is 0 Å². The van der Waals surface area contributed by atoms with Crippen molar-refractivity contribution in [2.45, 2.75) is 44.4 Å². The minimum Gasteiger partial charge on any atom is -0.463 e. The molecule has 6 nitrogen and oxygen atoms in total. The number of carbonyl (C=O) groups is 1. The molecule has 1 aliphatic rings. The number of hydrogen-bond acceptors (Lipinski definition) is 6. The number of benzene rings is 1. The van der Waals surface area contributed by atoms with Gasteiger partial charge in [-0.3, -0.25) is 4.79 Å². The minimum atomic E-state index is -0.447. The summed E-state index contributed by atoms with van der Waals surface area (Å²) >= 11 is 0. The fraction of sp³-hybridized carbons (Fsp3) is 0.588. The second-order valence-electron chi connectivity index (χ2n) is 5.54. The van der Waals surface area contributed by atoms with E-state index in [1.54, 1.807) is 7.11 Å². The normalized spacial score (nSPS) is 27.6. The first-order valence-corrected chi connectivity index (χ1v) is 7.72. The van der Waals surface area contributed by atoms with E-state index in [9.17, 15) is 9.90 Å². The molecule has 4 atom stereocenters. The van der Waals surface area contributed by atoms with Crippen molar-refractivity contribution in [3.63, 3.8) is 0 Å². The van der Waals surface area contributed by atoms with Crippen molar-refractivity contribution in [3.05, 3.63) is 35.9 Å². The first-order chi connectivity index (χ1) is 11.1. The van der Waals surface area contributed by atoms with Gasteiger partial charge in [-0.2, -0.15) is 0 Å². The summed E-state index contributed by atoms with van der Waals surface area (Å²) in [5.74, 6) is -0.371. The first-order valence-electron chi connectivity index (χ1n) is 7.72. The average molecular weight is 324 g/mol. The Balaban J connectivity index is 1.99. The van der Waals surface area contributed by atoms with Crippen molar-refractivity contribution < 1.29 is 28.8 Å². The van der Waals surface area contributed by atoms with Crippen LogP contribution in [0.25, 0.3) is 0 Å². The van der Waals surface area contributed by atoms with Crippen LogP contribution in [-0.4, -0.2) is 55.8 Å². The molecule has 0 aliphatic carbocycles. The van der Waals surface area contributed by atoms with Crippen molar-refractivity contribution in [3.8, 4) is 0 Å². The molecule has 1 aromatic rings. The summed E-state index contributed by atoms with van der Waals surface area (Å²) in [5.41, 5.74) is 1.05. The molecule has 0 unspecified atom stereocenters. The molecule has 1 N–H and O–H groups in total. The van der Waals surface area contributed by atoms with Gasteiger partial charge in [0.1, 0.15) is 18.8 Å². The lowest BCUT2D eigenvalue weighted by Crippen LogP contribution is -2.52. The molecule has 1 aromatic carbocycles. The molecule has 1 heterocycles. The molecule has 23 heavy (non-hydrogen) atoms. The van der Waals surface area contributed by atoms with Gasteiger partial charge in [0.15, 0.2) is 0 Å². The van der Waals surface area contributed by atoms with Gasteiger partial charge in [0.25, 0.3) is 0 Å². The Hall–Kier alpha value is -1.47. The highest BCUT2D eigenvalue weighted by Crippen LogP contribution is 2.26. The van der Waals surface area contributed by atoms with Gasteiger partial charge in [-0.05, 0) is 5.56 Å². The van der Waals surface area contributed by atoms with Crippen molar-refractivity contribution in [2.24, 2.45) is 0 Å². The molecule has 2 rings (SSSR count). The minimum absolute atomic E-state index is 0.0989. The Morgan fingerprint density at radius 3 is 2.61 bits per heavy atom. The third-order valence-corrected chi connectivity index (χ3v) is 3.88. The maximum Gasteiger partial charge on any atom is 0.302 e. The van der Waals surface area contributed by atoms with E-state index in [2.05, 4.69) is 0 Å². The summed E-state index contributed by atoms with van der Waals surface area (Å²) in [6, 6.07) is 9.81. The van der Waals surface area contributed by atoms with E-state index < -0.39 is 12.2 Å². The molecular weight excluding hydrogens is 300 g/mol. The topological polar surface area (TPSA) is 74.2 Å². The summed E-state index contributed by atoms with van der Waals surface area (Å²) in [5, 5.41) is 9.43. The number of aliphatic hydroxyl groups excluding tert-OH is 1. The lowest BCUT2D eigenvalue weighted by atomic mass is 9.98. The number of esters is 1. The Kier molecular flexibility index (Phi) is 6.98. The van der Waals surface area contributed by atoms with Crippen LogP contribution < -0.4 is 0 Å². The number of methoxy groups -OCH3 is 1. The highest BCUT2D eigenvalue weighted by Gasteiger charge is 2.39. The van der Waals surface area contributed by atoms with Crippen LogP contribution in [0.1, 0.15) is 18.9 Å². The standard InChI is InChI=1S/C17H24O6/c1-12(19)21-11-17-15(8-14(20-2)16(9-18)23-17)22-10-13-6-4-3-5-7-13/h3-7,14-18H,8-11H2,1-2H3/t14-,15+,16+,17-/m1/s1. The molecular formula is C17H24O6. The van der Waals surface area contributed by atoms with Crippen molar-refractivity contribution in [2.75, 3.05) is 20.3 Å². The molecule has 1 aliphatic heterocycles. The van der Waals surface area contributed by atoms with Crippen LogP contribution in [0.5, 0.6) is 0 Å². The predicted molar refractivity (Wildman–Crippen MR) is 82.8 cm³/mol. The monoisotopic (exact) mass is 324 g/mol. The van der Waals surface area contributed by atoms with E-state index in [1.807, 2.05) is 30.3 Å². The maximum atomic E-state index is 11.1. The lowest BCUT2D eigenvalue weighted by molar-refractivity contribution is -0.214. The van der Waals surface area contributed by atoms with Gasteiger partial charge in [0.05, 0.1) is 25.4 Å². The van der Waals surface area contributed by atoms with Crippen LogP contribution in [0.4, 0.5) is 0 Å². The number of hydrogen-bond donors (Lipinski definition) is 1. The molecule has 1 fully saturated rings. The fourth-order valence-corrected chi connectivity index (χ4v) is 2.64. The Bertz CT molecular complexity index is 477. The molecule has 6 heteroatoms. The van der Waals surface area contributed by atoms with E-state index in [-0.39, 0.29) is 31.4 Å². The number of carbonyl (C=O) groups excluding carboxylic acids is 1. The van der Waals surface area contributed by atoms with Crippen LogP contribution in [0.15, 0.2) is 30.3 Å². The second-order valence-corrected chi connectivity index (χ2v) is 5.54. The fourth-order valence-electron chi connectivity index (χ4n) is 2.64. The summed E-state index contributed by atoms with van der Waals surface area (Å²) < 4.78 is 22.2. The average Bonchev–Trinajstić information content (AvgIpc) is 2.58. The van der Waals surface area contributed by atoms with Crippen LogP contribution in [0.2, 0.25) is 0 Å². The van der Waals surface area contributed by atoms with Crippen molar-refractivity contribution >= 4 is 5.97 Å². The second kappa shape index (κ2) is 8.98. The van der Waals surface area contributed by atoms with E-state index in [0.29, 0.717) is 13.0 Å². The SMILES string of the molecule is CO[C@@H]1C[C@H](OCc2ccccc2)[C@@H](COC(C)=O)O[C@H]1CO. The van der Waals surface area contributed by atoms with Crippen molar-refractivity contribution in [1.29, 1.82) is 0 Å². The molecule has 0 aromatic heterocycles. The van der Waals surface area contributed by atoms with E-state index in [0.717, 1.165) is 5.56 Å². The van der Waals surface area contributed by atoms with Gasteiger partial charge >= 0.3 is 5.97 Å². The highest BCUT2D eigenvalue weighted by molar-refractivity contribution is 5.65. The van der Waals surface area contributed by atoms with Gasteiger partial charge in [0.2, 0.25) is 0 Å². The van der Waals surface area contributed by atoms with Gasteiger partial charge in [-0.25, -0.2) is 0 Å². The summed E-state index contributed by atoms with van der Waals surface area (Å²) in [4.78, 5) is 11.1. The molecule has 0 spiro atoms. The number of rotatable bonds is 7. The van der Waals surface area contributed by atoms with Gasteiger partial charge in [-0.1, -0.05) is 30.3 Å². The van der Waals surface area contributed by atoms with E-state index >= 15 is 0 Å². The van der Waals surface area contributed by atoms with E-state index in [4.69, 9.17) is 18.9 Å². The molecule has 0 saturated carbocycles. The highest BCUT2D eigenvalue weighted by atomic mass is 16.6. The molecule has 128 valence electrons. The largest absolute Gasteiger partial charge is 0.463 e. The zero-order valence-electron chi connectivity index (χ0n) is 13.5. The van der Waals surface area contributed by atoms with E-state index in [1.165, 1.54) is 6.92 Å². The number of aliphatic hydroxyl groups is 1. The van der Waals surface area contributed by atoms with Crippen LogP contribution >= 0.6 is 0 Å². The molecule has 0 radical (unpaired) electrons. The summed E-state index contributed by atoms with van der Waals surface area (Å²) in [6.07, 6.45) is -0.833. The predicted octanol–water partition coefficient (Wildman–Crippen LogP) is 1.30. The zero-order valence-corrected chi connectivity index (χ0v) is 13.5. The number of ether oxygens (including phenoxy) is 4. The molecule has 0 amide bonds. The maximum absolute atomic E-state index is 11.1. The van der Waals surface area contributed by atoms with Crippen LogP contribution in [0.3, 0.4) is 0 Å².